The van der Waals surface area contributed by atoms with E-state index in [-0.39, 0.29) is 5.54 Å². The summed E-state index contributed by atoms with van der Waals surface area (Å²) >= 11 is 0. The first kappa shape index (κ1) is 16.5. The molecule has 0 radical (unpaired) electrons. The van der Waals surface area contributed by atoms with Gasteiger partial charge in [0.1, 0.15) is 0 Å². The Kier molecular flexibility index (Phi) is 5.82. The molecule has 0 unspecified atom stereocenters. The van der Waals surface area contributed by atoms with E-state index in [4.69, 9.17) is 10.8 Å². The van der Waals surface area contributed by atoms with E-state index < -0.39 is 0 Å². The second-order valence-electron chi connectivity index (χ2n) is 6.57. The molecule has 0 bridgehead atoms. The molecule has 2 rings (SSSR count). The number of hydrogen-bond acceptors (Lipinski definition) is 3. The molecular weight excluding hydrogens is 260 g/mol. The van der Waals surface area contributed by atoms with Crippen LogP contribution in [0.15, 0.2) is 12.3 Å². The molecule has 120 valence electrons. The Morgan fingerprint density at radius 1 is 1.29 bits per heavy atom. The fourth-order valence-electron chi connectivity index (χ4n) is 3.66. The van der Waals surface area contributed by atoms with Gasteiger partial charge < -0.3 is 5.73 Å². The van der Waals surface area contributed by atoms with Crippen LogP contribution < -0.4 is 5.73 Å². The maximum absolute atomic E-state index is 6.04. The highest BCUT2D eigenvalue weighted by molar-refractivity contribution is 5.02. The second kappa shape index (κ2) is 7.41. The fraction of sp³-hybridized carbons (Fsp3) is 0.824. The molecule has 1 aliphatic carbocycles. The minimum atomic E-state index is 0.106. The lowest BCUT2D eigenvalue weighted by Crippen LogP contribution is -2.50. The molecule has 1 saturated carbocycles. The van der Waals surface area contributed by atoms with Gasteiger partial charge >= 0.3 is 0 Å². The Morgan fingerprint density at radius 3 is 2.52 bits per heavy atom. The molecule has 0 amide bonds. The van der Waals surface area contributed by atoms with Gasteiger partial charge in [0, 0.05) is 24.8 Å². The largest absolute Gasteiger partial charge is 0.329 e. The van der Waals surface area contributed by atoms with E-state index in [1.165, 1.54) is 37.8 Å². The summed E-state index contributed by atoms with van der Waals surface area (Å²) in [7, 11) is 2.18. The van der Waals surface area contributed by atoms with Crippen molar-refractivity contribution in [3.05, 3.63) is 18.0 Å². The zero-order valence-electron chi connectivity index (χ0n) is 14.0. The quantitative estimate of drug-likeness (QED) is 0.838. The number of likely N-dealkylation sites (N-methyl/N-ethyl adjacent to an activating group) is 1. The van der Waals surface area contributed by atoms with Crippen molar-refractivity contribution in [1.82, 2.24) is 14.7 Å². The van der Waals surface area contributed by atoms with Gasteiger partial charge in [-0.25, -0.2) is 0 Å². The lowest BCUT2D eigenvalue weighted by molar-refractivity contribution is 0.106. The van der Waals surface area contributed by atoms with E-state index in [9.17, 15) is 0 Å². The van der Waals surface area contributed by atoms with Gasteiger partial charge in [-0.1, -0.05) is 33.1 Å². The first-order valence-electron chi connectivity index (χ1n) is 8.60. The van der Waals surface area contributed by atoms with Crippen molar-refractivity contribution in [2.45, 2.75) is 76.9 Å². The van der Waals surface area contributed by atoms with E-state index in [1.54, 1.807) is 0 Å². The second-order valence-corrected chi connectivity index (χ2v) is 6.57. The average Bonchev–Trinajstić information content (AvgIpc) is 2.99. The van der Waals surface area contributed by atoms with Gasteiger partial charge in [0.2, 0.25) is 0 Å². The number of nitrogens with zero attached hydrogens (tertiary/aromatic N) is 3. The average molecular weight is 292 g/mol. The van der Waals surface area contributed by atoms with Crippen LogP contribution in [0.5, 0.6) is 0 Å². The zero-order chi connectivity index (χ0) is 15.3. The topological polar surface area (TPSA) is 47.1 Å². The van der Waals surface area contributed by atoms with Crippen molar-refractivity contribution in [1.29, 1.82) is 0 Å². The summed E-state index contributed by atoms with van der Waals surface area (Å²) in [5, 5.41) is 4.82. The third kappa shape index (κ3) is 3.67. The maximum Gasteiger partial charge on any atom is 0.0764 e. The highest BCUT2D eigenvalue weighted by Gasteiger charge is 2.29. The van der Waals surface area contributed by atoms with Gasteiger partial charge in [-0.3, -0.25) is 9.58 Å². The van der Waals surface area contributed by atoms with Gasteiger partial charge in [0.25, 0.3) is 0 Å². The van der Waals surface area contributed by atoms with E-state index in [1.807, 2.05) is 0 Å². The van der Waals surface area contributed by atoms with Gasteiger partial charge in [0.05, 0.1) is 11.7 Å². The van der Waals surface area contributed by atoms with Gasteiger partial charge in [-0.2, -0.15) is 5.10 Å². The number of aromatic nitrogens is 2. The lowest BCUT2D eigenvalue weighted by Gasteiger charge is -2.39. The third-order valence-corrected chi connectivity index (χ3v) is 5.52. The molecule has 1 heterocycles. The summed E-state index contributed by atoms with van der Waals surface area (Å²) in [5.41, 5.74) is 7.31. The van der Waals surface area contributed by atoms with Crippen LogP contribution in [0, 0.1) is 0 Å². The van der Waals surface area contributed by atoms with Gasteiger partial charge in [0.15, 0.2) is 0 Å². The van der Waals surface area contributed by atoms with Crippen molar-refractivity contribution in [2.75, 3.05) is 13.6 Å². The maximum atomic E-state index is 6.04. The molecule has 2 N–H and O–H groups in total. The summed E-state index contributed by atoms with van der Waals surface area (Å²) in [5.74, 6) is 0. The lowest BCUT2D eigenvalue weighted by atomic mass is 9.91. The molecule has 1 aromatic heterocycles. The first-order valence-corrected chi connectivity index (χ1v) is 8.60. The summed E-state index contributed by atoms with van der Waals surface area (Å²) in [6.45, 7) is 6.05. The van der Waals surface area contributed by atoms with Crippen LogP contribution in [-0.2, 0) is 6.54 Å². The highest BCUT2D eigenvalue weighted by Crippen LogP contribution is 2.28. The predicted octanol–water partition coefficient (Wildman–Crippen LogP) is 3.34. The number of nitrogens with two attached hydrogens (primary N) is 1. The van der Waals surface area contributed by atoms with Crippen molar-refractivity contribution in [3.8, 4) is 0 Å². The Morgan fingerprint density at radius 2 is 1.95 bits per heavy atom. The van der Waals surface area contributed by atoms with Crippen LogP contribution in [0.25, 0.3) is 0 Å². The molecule has 0 saturated heterocycles. The standard InChI is InChI=1S/C17H32N4/c1-4-17(5-2,14-18)20(3)13-15-11-12-21(19-15)16-9-7-6-8-10-16/h11-12,16H,4-10,13-14,18H2,1-3H3. The normalized spacial score (nSPS) is 17.6. The molecule has 1 fully saturated rings. The van der Waals surface area contributed by atoms with Crippen LogP contribution in [0.2, 0.25) is 0 Å². The van der Waals surface area contributed by atoms with E-state index >= 15 is 0 Å². The van der Waals surface area contributed by atoms with Crippen molar-refractivity contribution in [3.63, 3.8) is 0 Å². The Labute approximate surface area is 129 Å². The van der Waals surface area contributed by atoms with E-state index in [0.717, 1.165) is 19.4 Å². The molecule has 0 spiro atoms. The van der Waals surface area contributed by atoms with Crippen LogP contribution in [-0.4, -0.2) is 33.8 Å². The van der Waals surface area contributed by atoms with Crippen LogP contribution in [0.3, 0.4) is 0 Å². The molecule has 0 atom stereocenters. The van der Waals surface area contributed by atoms with Crippen molar-refractivity contribution in [2.24, 2.45) is 5.73 Å². The van der Waals surface area contributed by atoms with E-state index in [2.05, 4.69) is 42.7 Å². The summed E-state index contributed by atoms with van der Waals surface area (Å²) < 4.78 is 2.20. The Balaban J connectivity index is 2.01. The first-order chi connectivity index (χ1) is 10.1. The summed E-state index contributed by atoms with van der Waals surface area (Å²) in [6, 6.07) is 2.80. The number of rotatable bonds is 7. The monoisotopic (exact) mass is 292 g/mol. The smallest absolute Gasteiger partial charge is 0.0764 e. The molecule has 1 aliphatic rings. The number of hydrogen-bond donors (Lipinski definition) is 1. The molecule has 0 aromatic carbocycles. The predicted molar refractivity (Wildman–Crippen MR) is 88.2 cm³/mol. The summed E-state index contributed by atoms with van der Waals surface area (Å²) in [4.78, 5) is 2.39. The van der Waals surface area contributed by atoms with Crippen LogP contribution >= 0.6 is 0 Å². The van der Waals surface area contributed by atoms with Crippen LogP contribution in [0.4, 0.5) is 0 Å². The minimum Gasteiger partial charge on any atom is -0.329 e. The molecule has 21 heavy (non-hydrogen) atoms. The Hall–Kier alpha value is -0.870. The third-order valence-electron chi connectivity index (χ3n) is 5.52. The molecular formula is C17H32N4. The van der Waals surface area contributed by atoms with E-state index in [0.29, 0.717) is 12.6 Å². The summed E-state index contributed by atoms with van der Waals surface area (Å²) in [6.07, 6.45) is 11.0. The van der Waals surface area contributed by atoms with Gasteiger partial charge in [-0.15, -0.1) is 0 Å². The zero-order valence-corrected chi connectivity index (χ0v) is 14.0. The molecule has 1 aromatic rings. The van der Waals surface area contributed by atoms with Gasteiger partial charge in [-0.05, 0) is 38.8 Å². The highest BCUT2D eigenvalue weighted by atomic mass is 15.3. The van der Waals surface area contributed by atoms with Crippen LogP contribution in [0.1, 0.15) is 70.5 Å². The Bertz CT molecular complexity index is 408. The molecule has 4 heteroatoms. The van der Waals surface area contributed by atoms with Crippen molar-refractivity contribution < 1.29 is 0 Å². The fourth-order valence-corrected chi connectivity index (χ4v) is 3.66. The van der Waals surface area contributed by atoms with Crippen molar-refractivity contribution >= 4 is 0 Å². The molecule has 0 aliphatic heterocycles. The SMILES string of the molecule is CCC(CC)(CN)N(C)Cc1ccn(C2CCCCC2)n1. The minimum absolute atomic E-state index is 0.106. The molecule has 4 nitrogen and oxygen atoms in total.